The Morgan fingerprint density at radius 1 is 1.00 bits per heavy atom. The molecule has 0 bridgehead atoms. The van der Waals surface area contributed by atoms with Crippen LogP contribution in [-0.2, 0) is 11.4 Å². The summed E-state index contributed by atoms with van der Waals surface area (Å²) in [7, 11) is 0. The molecule has 0 saturated carbocycles. The number of carbonyl (C=O) groups excluding carboxylic acids is 1. The second-order valence-corrected chi connectivity index (χ2v) is 6.80. The number of para-hydroxylation sites is 1. The Kier molecular flexibility index (Phi) is 5.96. The first kappa shape index (κ1) is 20.8. The van der Waals surface area contributed by atoms with E-state index in [2.05, 4.69) is 5.32 Å². The second-order valence-electron chi connectivity index (χ2n) is 6.80. The molecular formula is C24H18N2O6. The number of benzene rings is 2. The maximum Gasteiger partial charge on any atom is 0.280 e. The zero-order valence-electron chi connectivity index (χ0n) is 16.7. The standard InChI is InChI=1S/C24H18N2O6/c27-15-19-9-11-22(32-19)16-4-3-5-17(14-16)25-24(28)13-10-18-8-12-23(31-18)20-6-1-2-7-21(20)26(29)30/h1-14,27H,15H2,(H,25,28)/b13-10+. The molecule has 160 valence electrons. The molecule has 32 heavy (non-hydrogen) atoms. The van der Waals surface area contributed by atoms with Crippen molar-refractivity contribution >= 4 is 23.4 Å². The molecule has 0 aliphatic heterocycles. The van der Waals surface area contributed by atoms with Gasteiger partial charge in [0.15, 0.2) is 0 Å². The van der Waals surface area contributed by atoms with Gasteiger partial charge in [0.2, 0.25) is 5.91 Å². The number of nitrogens with one attached hydrogen (secondary N) is 1. The first-order chi connectivity index (χ1) is 15.5. The highest BCUT2D eigenvalue weighted by molar-refractivity contribution is 6.02. The van der Waals surface area contributed by atoms with E-state index in [-0.39, 0.29) is 18.2 Å². The lowest BCUT2D eigenvalue weighted by Crippen LogP contribution is -2.07. The summed E-state index contributed by atoms with van der Waals surface area (Å²) in [6, 6.07) is 20.1. The van der Waals surface area contributed by atoms with Gasteiger partial charge < -0.3 is 19.3 Å². The summed E-state index contributed by atoms with van der Waals surface area (Å²) < 4.78 is 11.2. The molecule has 2 aromatic carbocycles. The number of hydrogen-bond acceptors (Lipinski definition) is 6. The van der Waals surface area contributed by atoms with Gasteiger partial charge >= 0.3 is 0 Å². The summed E-state index contributed by atoms with van der Waals surface area (Å²) in [5.41, 5.74) is 1.63. The minimum Gasteiger partial charge on any atom is -0.459 e. The van der Waals surface area contributed by atoms with Gasteiger partial charge in [-0.05, 0) is 48.5 Å². The molecule has 4 aromatic rings. The van der Waals surface area contributed by atoms with E-state index in [9.17, 15) is 14.9 Å². The first-order valence-electron chi connectivity index (χ1n) is 9.66. The topological polar surface area (TPSA) is 119 Å². The van der Waals surface area contributed by atoms with Crippen LogP contribution >= 0.6 is 0 Å². The summed E-state index contributed by atoms with van der Waals surface area (Å²) in [5, 5.41) is 23.1. The molecule has 0 aliphatic carbocycles. The van der Waals surface area contributed by atoms with Crippen LogP contribution in [0.15, 0.2) is 87.7 Å². The zero-order valence-corrected chi connectivity index (χ0v) is 16.7. The highest BCUT2D eigenvalue weighted by Gasteiger charge is 2.16. The minimum atomic E-state index is -0.470. The lowest BCUT2D eigenvalue weighted by molar-refractivity contribution is -0.384. The smallest absolute Gasteiger partial charge is 0.280 e. The molecule has 8 nitrogen and oxygen atoms in total. The van der Waals surface area contributed by atoms with Crippen LogP contribution in [0.5, 0.6) is 0 Å². The van der Waals surface area contributed by atoms with Gasteiger partial charge in [-0.3, -0.25) is 14.9 Å². The summed E-state index contributed by atoms with van der Waals surface area (Å²) >= 11 is 0. The number of aliphatic hydroxyl groups excluding tert-OH is 1. The van der Waals surface area contributed by atoms with Crippen molar-refractivity contribution in [3.63, 3.8) is 0 Å². The number of amides is 1. The van der Waals surface area contributed by atoms with Crippen LogP contribution in [0.3, 0.4) is 0 Å². The van der Waals surface area contributed by atoms with Crippen molar-refractivity contribution in [3.05, 3.63) is 101 Å². The number of furan rings is 2. The normalized spacial score (nSPS) is 11.0. The van der Waals surface area contributed by atoms with E-state index < -0.39 is 4.92 Å². The van der Waals surface area contributed by atoms with E-state index in [0.29, 0.717) is 34.3 Å². The Labute approximate surface area is 182 Å². The number of hydrogen-bond donors (Lipinski definition) is 2. The van der Waals surface area contributed by atoms with E-state index in [0.717, 1.165) is 5.56 Å². The van der Waals surface area contributed by atoms with Crippen LogP contribution in [-0.4, -0.2) is 15.9 Å². The highest BCUT2D eigenvalue weighted by atomic mass is 16.6. The van der Waals surface area contributed by atoms with E-state index >= 15 is 0 Å². The molecule has 0 radical (unpaired) electrons. The monoisotopic (exact) mass is 430 g/mol. The molecule has 2 aromatic heterocycles. The fourth-order valence-electron chi connectivity index (χ4n) is 3.14. The molecule has 2 N–H and O–H groups in total. The van der Waals surface area contributed by atoms with Crippen LogP contribution in [0.25, 0.3) is 28.7 Å². The Morgan fingerprint density at radius 3 is 2.59 bits per heavy atom. The Hall–Kier alpha value is -4.43. The third-order valence-electron chi connectivity index (χ3n) is 4.62. The molecular weight excluding hydrogens is 412 g/mol. The minimum absolute atomic E-state index is 0.0577. The average molecular weight is 430 g/mol. The van der Waals surface area contributed by atoms with Crippen molar-refractivity contribution in [1.29, 1.82) is 0 Å². The fraction of sp³-hybridized carbons (Fsp3) is 0.0417. The van der Waals surface area contributed by atoms with Crippen molar-refractivity contribution < 1.29 is 23.7 Å². The van der Waals surface area contributed by atoms with Gasteiger partial charge in [0, 0.05) is 23.4 Å². The summed E-state index contributed by atoms with van der Waals surface area (Å²) in [5.74, 6) is 1.39. The second kappa shape index (κ2) is 9.15. The molecule has 8 heteroatoms. The molecule has 0 saturated heterocycles. The predicted octanol–water partition coefficient (Wildman–Crippen LogP) is 5.26. The summed E-state index contributed by atoms with van der Waals surface area (Å²) in [4.78, 5) is 23.1. The molecule has 0 unspecified atom stereocenters. The molecule has 0 atom stereocenters. The fourth-order valence-corrected chi connectivity index (χ4v) is 3.14. The van der Waals surface area contributed by atoms with E-state index in [1.807, 2.05) is 6.07 Å². The number of nitro benzene ring substituents is 1. The Bertz CT molecular complexity index is 1300. The van der Waals surface area contributed by atoms with Gasteiger partial charge in [0.1, 0.15) is 29.6 Å². The molecule has 4 rings (SSSR count). The van der Waals surface area contributed by atoms with Crippen LogP contribution < -0.4 is 5.32 Å². The molecule has 2 heterocycles. The maximum atomic E-state index is 12.3. The maximum absolute atomic E-state index is 12.3. The third-order valence-corrected chi connectivity index (χ3v) is 4.62. The number of nitrogens with zero attached hydrogens (tertiary/aromatic N) is 1. The number of anilines is 1. The quantitative estimate of drug-likeness (QED) is 0.235. The van der Waals surface area contributed by atoms with Crippen molar-refractivity contribution in [2.75, 3.05) is 5.32 Å². The van der Waals surface area contributed by atoms with Crippen molar-refractivity contribution in [2.45, 2.75) is 6.61 Å². The number of aliphatic hydroxyl groups is 1. The van der Waals surface area contributed by atoms with Gasteiger partial charge in [-0.15, -0.1) is 0 Å². The van der Waals surface area contributed by atoms with Gasteiger partial charge in [-0.2, -0.15) is 0 Å². The lowest BCUT2D eigenvalue weighted by Gasteiger charge is -2.04. The van der Waals surface area contributed by atoms with Gasteiger partial charge in [-0.25, -0.2) is 0 Å². The van der Waals surface area contributed by atoms with Crippen LogP contribution in [0.1, 0.15) is 11.5 Å². The lowest BCUT2D eigenvalue weighted by atomic mass is 10.1. The van der Waals surface area contributed by atoms with Crippen LogP contribution in [0.4, 0.5) is 11.4 Å². The van der Waals surface area contributed by atoms with Crippen molar-refractivity contribution in [2.24, 2.45) is 0 Å². The van der Waals surface area contributed by atoms with Crippen molar-refractivity contribution in [1.82, 2.24) is 0 Å². The van der Waals surface area contributed by atoms with Crippen molar-refractivity contribution in [3.8, 4) is 22.6 Å². The predicted molar refractivity (Wildman–Crippen MR) is 119 cm³/mol. The Morgan fingerprint density at radius 2 is 1.81 bits per heavy atom. The summed E-state index contributed by atoms with van der Waals surface area (Å²) in [6.07, 6.45) is 2.79. The van der Waals surface area contributed by atoms with E-state index in [4.69, 9.17) is 13.9 Å². The number of nitro groups is 1. The zero-order chi connectivity index (χ0) is 22.5. The molecule has 1 amide bonds. The first-order valence-corrected chi connectivity index (χ1v) is 9.66. The SMILES string of the molecule is O=C(/C=C/c1ccc(-c2ccccc2[N+](=O)[O-])o1)Nc1cccc(-c2ccc(CO)o2)c1. The van der Waals surface area contributed by atoms with Gasteiger partial charge in [-0.1, -0.05) is 24.3 Å². The van der Waals surface area contributed by atoms with Crippen LogP contribution in [0, 0.1) is 10.1 Å². The van der Waals surface area contributed by atoms with Gasteiger partial charge in [0.05, 0.1) is 10.5 Å². The van der Waals surface area contributed by atoms with E-state index in [1.165, 1.54) is 18.2 Å². The Balaban J connectivity index is 1.45. The summed E-state index contributed by atoms with van der Waals surface area (Å²) in [6.45, 7) is -0.187. The molecule has 0 spiro atoms. The largest absolute Gasteiger partial charge is 0.459 e. The average Bonchev–Trinajstić information content (AvgIpc) is 3.48. The van der Waals surface area contributed by atoms with E-state index in [1.54, 1.807) is 60.7 Å². The number of carbonyl (C=O) groups is 1. The molecule has 0 fully saturated rings. The molecule has 0 aliphatic rings. The van der Waals surface area contributed by atoms with Crippen LogP contribution in [0.2, 0.25) is 0 Å². The highest BCUT2D eigenvalue weighted by Crippen LogP contribution is 2.31. The number of rotatable bonds is 7. The third kappa shape index (κ3) is 4.66. The van der Waals surface area contributed by atoms with Gasteiger partial charge in [0.25, 0.3) is 5.69 Å².